The van der Waals surface area contributed by atoms with Gasteiger partial charge in [0.05, 0.1) is 5.56 Å². The second-order valence-corrected chi connectivity index (χ2v) is 5.83. The Balaban J connectivity index is 2.52. The summed E-state index contributed by atoms with van der Waals surface area (Å²) in [5.41, 5.74) is 5.11. The lowest BCUT2D eigenvalue weighted by Gasteiger charge is -2.23. The Kier molecular flexibility index (Phi) is 5.78. The minimum atomic E-state index is -4.37. The van der Waals surface area contributed by atoms with Crippen molar-refractivity contribution in [2.24, 2.45) is 11.1 Å². The standard InChI is InChI=1S/C15H21F3N2O/c1-14(2,9-10-19)8-7-13(21)20-12-5-3-11(4-6-12)15(16,17)18/h3-6H,7-10,19H2,1-2H3,(H,20,21). The zero-order valence-electron chi connectivity index (χ0n) is 12.3. The summed E-state index contributed by atoms with van der Waals surface area (Å²) in [6, 6.07) is 4.42. The van der Waals surface area contributed by atoms with E-state index in [2.05, 4.69) is 5.32 Å². The van der Waals surface area contributed by atoms with Crippen LogP contribution in [0.4, 0.5) is 18.9 Å². The van der Waals surface area contributed by atoms with Gasteiger partial charge in [-0.2, -0.15) is 13.2 Å². The lowest BCUT2D eigenvalue weighted by Crippen LogP contribution is -2.20. The fraction of sp³-hybridized carbons (Fsp3) is 0.533. The van der Waals surface area contributed by atoms with Crippen LogP contribution in [0.15, 0.2) is 24.3 Å². The molecule has 0 spiro atoms. The Labute approximate surface area is 122 Å². The molecule has 6 heteroatoms. The molecule has 0 atom stereocenters. The second-order valence-electron chi connectivity index (χ2n) is 5.83. The molecule has 0 aliphatic rings. The van der Waals surface area contributed by atoms with Crippen LogP contribution in [0, 0.1) is 5.41 Å². The number of halogens is 3. The maximum atomic E-state index is 12.4. The minimum absolute atomic E-state index is 0.0216. The van der Waals surface area contributed by atoms with Crippen LogP contribution in [0.2, 0.25) is 0 Å². The van der Waals surface area contributed by atoms with Gasteiger partial charge in [-0.3, -0.25) is 4.79 Å². The predicted octanol–water partition coefficient (Wildman–Crippen LogP) is 3.80. The number of nitrogens with two attached hydrogens (primary N) is 1. The van der Waals surface area contributed by atoms with Crippen molar-refractivity contribution in [2.45, 2.75) is 39.3 Å². The molecule has 1 rings (SSSR count). The van der Waals surface area contributed by atoms with E-state index in [0.29, 0.717) is 25.1 Å². The van der Waals surface area contributed by atoms with Crippen molar-refractivity contribution < 1.29 is 18.0 Å². The van der Waals surface area contributed by atoms with Crippen LogP contribution >= 0.6 is 0 Å². The number of nitrogens with one attached hydrogen (secondary N) is 1. The minimum Gasteiger partial charge on any atom is -0.330 e. The fourth-order valence-electron chi connectivity index (χ4n) is 1.93. The second kappa shape index (κ2) is 6.93. The smallest absolute Gasteiger partial charge is 0.330 e. The molecule has 0 radical (unpaired) electrons. The van der Waals surface area contributed by atoms with E-state index in [-0.39, 0.29) is 11.3 Å². The SMILES string of the molecule is CC(C)(CCN)CCC(=O)Nc1ccc(C(F)(F)F)cc1. The number of anilines is 1. The van der Waals surface area contributed by atoms with Crippen LogP contribution in [-0.4, -0.2) is 12.5 Å². The Hall–Kier alpha value is -1.56. The molecule has 1 amide bonds. The Morgan fingerprint density at radius 3 is 2.19 bits per heavy atom. The summed E-state index contributed by atoms with van der Waals surface area (Å²) in [5.74, 6) is -0.208. The molecular weight excluding hydrogens is 281 g/mol. The van der Waals surface area contributed by atoms with Crippen LogP contribution in [0.1, 0.15) is 38.7 Å². The molecular formula is C15H21F3N2O. The van der Waals surface area contributed by atoms with E-state index in [1.165, 1.54) is 12.1 Å². The molecule has 0 fully saturated rings. The van der Waals surface area contributed by atoms with Crippen LogP contribution in [0.3, 0.4) is 0 Å². The van der Waals surface area contributed by atoms with Gasteiger partial charge >= 0.3 is 6.18 Å². The molecule has 118 valence electrons. The summed E-state index contributed by atoms with van der Waals surface area (Å²) in [6.07, 6.45) is -2.56. The molecule has 0 saturated heterocycles. The maximum absolute atomic E-state index is 12.4. The number of carbonyl (C=O) groups excluding carboxylic acids is 1. The third-order valence-electron chi connectivity index (χ3n) is 3.35. The van der Waals surface area contributed by atoms with Crippen molar-refractivity contribution in [3.05, 3.63) is 29.8 Å². The number of hydrogen-bond acceptors (Lipinski definition) is 2. The van der Waals surface area contributed by atoms with Gasteiger partial charge in [0.2, 0.25) is 5.91 Å². The van der Waals surface area contributed by atoms with Crippen molar-refractivity contribution in [1.82, 2.24) is 0 Å². The summed E-state index contributed by atoms with van der Waals surface area (Å²) in [4.78, 5) is 11.8. The average Bonchev–Trinajstić information content (AvgIpc) is 2.36. The highest BCUT2D eigenvalue weighted by Crippen LogP contribution is 2.30. The quantitative estimate of drug-likeness (QED) is 0.839. The van der Waals surface area contributed by atoms with Gasteiger partial charge < -0.3 is 11.1 Å². The first-order chi connectivity index (χ1) is 9.64. The van der Waals surface area contributed by atoms with E-state index in [0.717, 1.165) is 18.6 Å². The number of hydrogen-bond donors (Lipinski definition) is 2. The maximum Gasteiger partial charge on any atom is 0.416 e. The van der Waals surface area contributed by atoms with Gasteiger partial charge in [0, 0.05) is 12.1 Å². The topological polar surface area (TPSA) is 55.1 Å². The lowest BCUT2D eigenvalue weighted by atomic mass is 9.84. The van der Waals surface area contributed by atoms with E-state index in [1.807, 2.05) is 13.8 Å². The molecule has 0 bridgehead atoms. The van der Waals surface area contributed by atoms with E-state index in [1.54, 1.807) is 0 Å². The molecule has 3 N–H and O–H groups in total. The van der Waals surface area contributed by atoms with Crippen LogP contribution in [0.5, 0.6) is 0 Å². The number of alkyl halides is 3. The van der Waals surface area contributed by atoms with Gasteiger partial charge in [-0.25, -0.2) is 0 Å². The first kappa shape index (κ1) is 17.5. The van der Waals surface area contributed by atoms with Gasteiger partial charge in [0.25, 0.3) is 0 Å². The largest absolute Gasteiger partial charge is 0.416 e. The summed E-state index contributed by atoms with van der Waals surface area (Å²) >= 11 is 0. The molecule has 0 unspecified atom stereocenters. The summed E-state index contributed by atoms with van der Waals surface area (Å²) < 4.78 is 37.2. The molecule has 1 aromatic rings. The first-order valence-electron chi connectivity index (χ1n) is 6.81. The highest BCUT2D eigenvalue weighted by Gasteiger charge is 2.30. The van der Waals surface area contributed by atoms with Crippen LogP contribution in [-0.2, 0) is 11.0 Å². The molecule has 0 saturated carbocycles. The Morgan fingerprint density at radius 2 is 1.71 bits per heavy atom. The number of benzene rings is 1. The Morgan fingerprint density at radius 1 is 1.14 bits per heavy atom. The van der Waals surface area contributed by atoms with Crippen molar-refractivity contribution in [3.63, 3.8) is 0 Å². The first-order valence-corrected chi connectivity index (χ1v) is 6.81. The molecule has 0 heterocycles. The average molecular weight is 302 g/mol. The summed E-state index contributed by atoms with van der Waals surface area (Å²) in [6.45, 7) is 4.63. The third kappa shape index (κ3) is 6.16. The zero-order valence-corrected chi connectivity index (χ0v) is 12.3. The zero-order chi connectivity index (χ0) is 16.1. The van der Waals surface area contributed by atoms with Gasteiger partial charge in [0.1, 0.15) is 0 Å². The van der Waals surface area contributed by atoms with Crippen molar-refractivity contribution in [2.75, 3.05) is 11.9 Å². The lowest BCUT2D eigenvalue weighted by molar-refractivity contribution is -0.137. The van der Waals surface area contributed by atoms with Gasteiger partial charge in [0.15, 0.2) is 0 Å². The third-order valence-corrected chi connectivity index (χ3v) is 3.35. The monoisotopic (exact) mass is 302 g/mol. The highest BCUT2D eigenvalue weighted by molar-refractivity contribution is 5.90. The van der Waals surface area contributed by atoms with Crippen molar-refractivity contribution in [1.29, 1.82) is 0 Å². The highest BCUT2D eigenvalue weighted by atomic mass is 19.4. The van der Waals surface area contributed by atoms with E-state index >= 15 is 0 Å². The van der Waals surface area contributed by atoms with E-state index < -0.39 is 11.7 Å². The molecule has 21 heavy (non-hydrogen) atoms. The van der Waals surface area contributed by atoms with Crippen LogP contribution < -0.4 is 11.1 Å². The number of carbonyl (C=O) groups is 1. The molecule has 0 aromatic heterocycles. The molecule has 0 aliphatic carbocycles. The van der Waals surface area contributed by atoms with Crippen molar-refractivity contribution >= 4 is 11.6 Å². The summed E-state index contributed by atoms with van der Waals surface area (Å²) in [7, 11) is 0. The summed E-state index contributed by atoms with van der Waals surface area (Å²) in [5, 5.41) is 2.60. The number of rotatable bonds is 6. The predicted molar refractivity (Wildman–Crippen MR) is 76.8 cm³/mol. The van der Waals surface area contributed by atoms with Gasteiger partial charge in [-0.1, -0.05) is 13.8 Å². The van der Waals surface area contributed by atoms with Gasteiger partial charge in [-0.05, 0) is 49.1 Å². The van der Waals surface area contributed by atoms with Crippen LogP contribution in [0.25, 0.3) is 0 Å². The van der Waals surface area contributed by atoms with E-state index in [4.69, 9.17) is 5.73 Å². The Bertz CT molecular complexity index is 467. The van der Waals surface area contributed by atoms with Crippen molar-refractivity contribution in [3.8, 4) is 0 Å². The molecule has 0 aliphatic heterocycles. The van der Waals surface area contributed by atoms with Gasteiger partial charge in [-0.15, -0.1) is 0 Å². The normalized spacial score (nSPS) is 12.3. The number of amides is 1. The molecule has 1 aromatic carbocycles. The molecule has 3 nitrogen and oxygen atoms in total. The fourth-order valence-corrected chi connectivity index (χ4v) is 1.93. The van der Waals surface area contributed by atoms with E-state index in [9.17, 15) is 18.0 Å².